The van der Waals surface area contributed by atoms with Crippen LogP contribution in [0.3, 0.4) is 0 Å². The van der Waals surface area contributed by atoms with E-state index in [1.165, 1.54) is 51.4 Å². The second kappa shape index (κ2) is 39.6. The molecule has 0 unspecified atom stereocenters. The molecule has 4 heterocycles. The van der Waals surface area contributed by atoms with Crippen molar-refractivity contribution in [3.63, 3.8) is 0 Å². The Morgan fingerprint density at radius 3 is 0.657 bits per heavy atom. The van der Waals surface area contributed by atoms with Crippen LogP contribution in [0.2, 0.25) is 0 Å². The predicted molar refractivity (Wildman–Crippen MR) is 401 cm³/mol. The molecule has 24 heteroatoms. The minimum absolute atomic E-state index is 0. The van der Waals surface area contributed by atoms with Gasteiger partial charge in [-0.05, 0) is 219 Å². The topological polar surface area (TPSA) is 88.5 Å². The average molecular weight is 1650 g/mol. The van der Waals surface area contributed by atoms with Crippen molar-refractivity contribution in [1.82, 2.24) is 19.9 Å². The van der Waals surface area contributed by atoms with Crippen LogP contribution in [0.25, 0.3) is 0 Å². The minimum atomic E-state index is -10.7. The number of hydrogen-bond acceptors (Lipinski definition) is 8. The molecule has 0 bridgehead atoms. The van der Waals surface area contributed by atoms with E-state index in [-0.39, 0.29) is 34.1 Å². The fourth-order valence-electron chi connectivity index (χ4n) is 14.4. The molecule has 4 saturated carbocycles. The zero-order valence-electron chi connectivity index (χ0n) is 63.6. The van der Waals surface area contributed by atoms with E-state index in [1.807, 2.05) is 121 Å². The second-order valence-electron chi connectivity index (χ2n) is 30.8. The first-order chi connectivity index (χ1) is 49.4. The van der Waals surface area contributed by atoms with Crippen LogP contribution in [0, 0.1) is 118 Å². The van der Waals surface area contributed by atoms with Crippen molar-refractivity contribution in [1.29, 1.82) is 0 Å². The van der Waals surface area contributed by atoms with Gasteiger partial charge in [-0.3, -0.25) is 0 Å². The largest absolute Gasteiger partial charge is 1.00 e. The molecule has 4 aliphatic carbocycles. The zero-order chi connectivity index (χ0) is 77.8. The van der Waals surface area contributed by atoms with Gasteiger partial charge < -0.3 is 18.9 Å². The number of benzene rings is 2. The van der Waals surface area contributed by atoms with Gasteiger partial charge >= 0.3 is 100 Å². The quantitative estimate of drug-likeness (QED) is 0.0410. The predicted octanol–water partition coefficient (Wildman–Crippen LogP) is 25.2. The van der Waals surface area contributed by atoms with Gasteiger partial charge in [-0.1, -0.05) is 181 Å². The number of halogens is 12. The third kappa shape index (κ3) is 36.6. The van der Waals surface area contributed by atoms with Crippen molar-refractivity contribution in [2.45, 2.75) is 211 Å². The van der Waals surface area contributed by atoms with Gasteiger partial charge in [0.05, 0.1) is 73.6 Å². The van der Waals surface area contributed by atoms with E-state index in [9.17, 15) is 50.4 Å². The van der Waals surface area contributed by atoms with Gasteiger partial charge in [0, 0.05) is 22.3 Å². The summed E-state index contributed by atoms with van der Waals surface area (Å²) in [6.07, 6.45) is 15.9. The number of hydrogen-bond donors (Lipinski definition) is 0. The SMILES string of the molecule is CC(C)[C@@H]1CC[C@@H](C)C[C@H]1OCc1cccc(C#Cc2ccccc2C#Cc2cccc(CO[C@@H]3C[C@H](C)CC[C@H]3C(C)C)n2)n1.CC(C)[C@@H]1CC[C@@H](C)C[C@H]1OCc1cccc(C#Cc2ccccc2C#Cc2cccc(CO[C@@H]3C[C@H](C)CC[C@H]3C(C)C)n2)n1.F[P-](F)(F)(F)(F)F.F[P-](F)(F)(F)(F)F.[Cu+].[Cu+]. The van der Waals surface area contributed by atoms with Crippen LogP contribution in [0.1, 0.15) is 228 Å². The first kappa shape index (κ1) is 92.8. The molecule has 0 saturated heterocycles. The number of ether oxygens (including phenoxy) is 4. The zero-order valence-corrected chi connectivity index (χ0v) is 67.2. The Labute approximate surface area is 653 Å². The van der Waals surface area contributed by atoms with Crippen molar-refractivity contribution < 1.29 is 103 Å². The summed E-state index contributed by atoms with van der Waals surface area (Å²) in [4.78, 5) is 19.2. The van der Waals surface area contributed by atoms with E-state index < -0.39 is 15.6 Å². The third-order valence-electron chi connectivity index (χ3n) is 20.0. The molecule has 0 N–H and O–H groups in total. The Hall–Kier alpha value is -5.82. The Kier molecular flexibility index (Phi) is 34.0. The van der Waals surface area contributed by atoms with E-state index in [2.05, 4.69) is 130 Å². The Morgan fingerprint density at radius 1 is 0.296 bits per heavy atom. The molecule has 8 nitrogen and oxygen atoms in total. The van der Waals surface area contributed by atoms with Gasteiger partial charge in [-0.25, -0.2) is 19.9 Å². The van der Waals surface area contributed by atoms with E-state index in [0.29, 0.717) is 98.2 Å². The van der Waals surface area contributed by atoms with E-state index in [1.54, 1.807) is 0 Å². The van der Waals surface area contributed by atoms with E-state index >= 15 is 0 Å². The first-order valence-corrected chi connectivity index (χ1v) is 41.1. The minimum Gasteiger partial charge on any atom is 1.00 e. The van der Waals surface area contributed by atoms with Crippen molar-refractivity contribution >= 4 is 15.6 Å². The van der Waals surface area contributed by atoms with Crippen LogP contribution in [-0.2, 0) is 79.5 Å². The smallest absolute Gasteiger partial charge is 1.00 e. The number of rotatable bonds is 16. The molecule has 600 valence electrons. The fourth-order valence-corrected chi connectivity index (χ4v) is 14.4. The maximum absolute atomic E-state index is 10.7. The summed E-state index contributed by atoms with van der Waals surface area (Å²) >= 11 is 0. The second-order valence-corrected chi connectivity index (χ2v) is 34.6. The average Bonchev–Trinajstić information content (AvgIpc) is 0.814. The Balaban J connectivity index is 0.000000323. The normalized spacial score (nSPS) is 24.0. The number of nitrogens with zero attached hydrogens (tertiary/aromatic N) is 4. The van der Waals surface area contributed by atoms with Crippen molar-refractivity contribution in [3.8, 4) is 47.4 Å². The number of aromatic nitrogens is 4. The first-order valence-electron chi connectivity index (χ1n) is 37.1. The van der Waals surface area contributed by atoms with Crippen LogP contribution in [0.15, 0.2) is 121 Å². The molecular weight excluding hydrogens is 1550 g/mol. The molecule has 10 rings (SSSR count). The van der Waals surface area contributed by atoms with Gasteiger partial charge in [0.15, 0.2) is 0 Å². The Bertz CT molecular complexity index is 3610. The van der Waals surface area contributed by atoms with Crippen LogP contribution < -0.4 is 0 Å². The molecule has 0 radical (unpaired) electrons. The van der Waals surface area contributed by atoms with Crippen LogP contribution in [-0.4, -0.2) is 44.4 Å². The summed E-state index contributed by atoms with van der Waals surface area (Å²) in [6, 6.07) is 40.1. The molecule has 6 aromatic rings. The molecule has 108 heavy (non-hydrogen) atoms. The van der Waals surface area contributed by atoms with Crippen molar-refractivity contribution in [2.24, 2.45) is 71.0 Å². The van der Waals surface area contributed by atoms with Crippen molar-refractivity contribution in [2.75, 3.05) is 0 Å². The molecular formula is C84H104Cu2F12N4O4P2. The van der Waals surface area contributed by atoms with Crippen molar-refractivity contribution in [3.05, 3.63) is 189 Å². The maximum atomic E-state index is 9.87. The molecule has 4 aromatic heterocycles. The van der Waals surface area contributed by atoms with Gasteiger partial charge in [-0.15, -0.1) is 0 Å². The number of pyridine rings is 4. The van der Waals surface area contributed by atoms with Gasteiger partial charge in [-0.2, -0.15) is 0 Å². The monoisotopic (exact) mass is 1650 g/mol. The molecule has 0 aliphatic heterocycles. The standard InChI is InChI=1S/2C42H52N2O2.2Cu.2F6P/c2*1-29(2)39-23-17-31(5)25-41(39)45-27-37-15-9-13-35(43-37)21-19-33-11-7-8-12-34(33)20-22-36-14-10-16-38(44-36)28-46-42-26-32(6)18-24-40(42)30(3)4;;;2*1-7(2,3,4,5)6/h2*7-16,29-32,39-42H,17-18,23-28H2,1-6H3;;;;/q;;2*+1;2*-1/t2*31-,32-,39+,40+,41-,42-;;;;/m11..../s1. The third-order valence-corrected chi connectivity index (χ3v) is 20.0. The van der Waals surface area contributed by atoms with Gasteiger partial charge in [0.25, 0.3) is 0 Å². The summed E-state index contributed by atoms with van der Waals surface area (Å²) in [5.74, 6) is 34.2. The fraction of sp³-hybridized carbons (Fsp3) is 0.524. The van der Waals surface area contributed by atoms with Crippen LogP contribution >= 0.6 is 15.6 Å². The molecule has 4 aliphatic rings. The molecule has 0 spiro atoms. The Morgan fingerprint density at radius 2 is 0.481 bits per heavy atom. The van der Waals surface area contributed by atoms with E-state index in [4.69, 9.17) is 38.9 Å². The maximum Gasteiger partial charge on any atom is 1.00 e. The molecule has 4 fully saturated rings. The summed E-state index contributed by atoms with van der Waals surface area (Å²) in [5, 5.41) is 0. The van der Waals surface area contributed by atoms with Crippen LogP contribution in [0.4, 0.5) is 50.4 Å². The van der Waals surface area contributed by atoms with Crippen LogP contribution in [0.5, 0.6) is 0 Å². The molecule has 0 amide bonds. The molecule has 12 atom stereocenters. The summed E-state index contributed by atoms with van der Waals surface area (Å²) < 4.78 is 144. The van der Waals surface area contributed by atoms with Gasteiger partial charge in [0.2, 0.25) is 0 Å². The summed E-state index contributed by atoms with van der Waals surface area (Å²) in [5.41, 5.74) is 10.2. The molecule has 2 aromatic carbocycles. The summed E-state index contributed by atoms with van der Waals surface area (Å²) in [6.45, 7) is 30.0. The summed E-state index contributed by atoms with van der Waals surface area (Å²) in [7, 11) is -21.3. The van der Waals surface area contributed by atoms with E-state index in [0.717, 1.165) is 117 Å². The van der Waals surface area contributed by atoms with Gasteiger partial charge in [0.1, 0.15) is 22.8 Å².